The van der Waals surface area contributed by atoms with Gasteiger partial charge in [0.15, 0.2) is 5.76 Å². The summed E-state index contributed by atoms with van der Waals surface area (Å²) in [5.41, 5.74) is 1.96. The summed E-state index contributed by atoms with van der Waals surface area (Å²) in [7, 11) is 0. The normalized spacial score (nSPS) is 10.7. The Kier molecular flexibility index (Phi) is 4.60. The third-order valence-corrected chi connectivity index (χ3v) is 4.25. The van der Waals surface area contributed by atoms with E-state index in [9.17, 15) is 9.18 Å². The zero-order valence-electron chi connectivity index (χ0n) is 12.6. The highest BCUT2D eigenvalue weighted by atomic mass is 35.5. The summed E-state index contributed by atoms with van der Waals surface area (Å²) in [6.07, 6.45) is 0. The highest BCUT2D eigenvalue weighted by molar-refractivity contribution is 6.32. The van der Waals surface area contributed by atoms with Crippen molar-refractivity contribution in [1.29, 1.82) is 0 Å². The SMILES string of the molecule is Cc1c(Cl)cccc1NC(=O)c1ccc(-c2ccc(F)c(Cl)c2)o1. The van der Waals surface area contributed by atoms with Crippen LogP contribution in [-0.2, 0) is 0 Å². The number of amides is 1. The molecule has 0 bridgehead atoms. The second-order valence-electron chi connectivity index (χ2n) is 5.16. The number of hydrogen-bond donors (Lipinski definition) is 1. The number of hydrogen-bond acceptors (Lipinski definition) is 2. The number of benzene rings is 2. The molecule has 2 aromatic carbocycles. The minimum atomic E-state index is -0.513. The molecule has 6 heteroatoms. The summed E-state index contributed by atoms with van der Waals surface area (Å²) in [6.45, 7) is 1.81. The molecule has 0 saturated heterocycles. The highest BCUT2D eigenvalue weighted by Crippen LogP contribution is 2.28. The molecule has 0 fully saturated rings. The predicted molar refractivity (Wildman–Crippen MR) is 93.3 cm³/mol. The molecule has 0 radical (unpaired) electrons. The van der Waals surface area contributed by atoms with Gasteiger partial charge < -0.3 is 9.73 Å². The van der Waals surface area contributed by atoms with Crippen LogP contribution in [-0.4, -0.2) is 5.91 Å². The number of anilines is 1. The van der Waals surface area contributed by atoms with Crippen molar-refractivity contribution in [2.24, 2.45) is 0 Å². The zero-order valence-corrected chi connectivity index (χ0v) is 14.1. The largest absolute Gasteiger partial charge is 0.451 e. The van der Waals surface area contributed by atoms with E-state index in [1.54, 1.807) is 30.3 Å². The van der Waals surface area contributed by atoms with E-state index < -0.39 is 11.7 Å². The van der Waals surface area contributed by atoms with E-state index in [4.69, 9.17) is 27.6 Å². The van der Waals surface area contributed by atoms with Crippen molar-refractivity contribution in [3.63, 3.8) is 0 Å². The summed E-state index contributed by atoms with van der Waals surface area (Å²) >= 11 is 11.8. The molecule has 0 saturated carbocycles. The molecule has 24 heavy (non-hydrogen) atoms. The molecule has 3 nitrogen and oxygen atoms in total. The number of nitrogens with one attached hydrogen (secondary N) is 1. The van der Waals surface area contributed by atoms with Gasteiger partial charge in [-0.1, -0.05) is 29.3 Å². The molecular formula is C18H12Cl2FNO2. The van der Waals surface area contributed by atoms with Crippen LogP contribution in [0.1, 0.15) is 16.1 Å². The Morgan fingerprint density at radius 3 is 2.62 bits per heavy atom. The van der Waals surface area contributed by atoms with Gasteiger partial charge in [-0.3, -0.25) is 4.79 Å². The molecule has 0 aliphatic rings. The lowest BCUT2D eigenvalue weighted by atomic mass is 10.2. The van der Waals surface area contributed by atoms with Crippen LogP contribution < -0.4 is 5.32 Å². The quantitative estimate of drug-likeness (QED) is 0.624. The molecule has 1 N–H and O–H groups in total. The third kappa shape index (κ3) is 3.30. The molecule has 122 valence electrons. The Morgan fingerprint density at radius 2 is 1.88 bits per heavy atom. The van der Waals surface area contributed by atoms with Crippen molar-refractivity contribution in [3.05, 3.63) is 75.7 Å². The molecule has 0 unspecified atom stereocenters. The molecule has 3 rings (SSSR count). The summed E-state index contributed by atoms with van der Waals surface area (Å²) in [5.74, 6) is -0.365. The lowest BCUT2D eigenvalue weighted by Gasteiger charge is -2.08. The van der Waals surface area contributed by atoms with Gasteiger partial charge in [0.2, 0.25) is 0 Å². The lowest BCUT2D eigenvalue weighted by molar-refractivity contribution is 0.0997. The third-order valence-electron chi connectivity index (χ3n) is 3.55. The number of carbonyl (C=O) groups excluding carboxylic acids is 1. The van der Waals surface area contributed by atoms with Gasteiger partial charge >= 0.3 is 0 Å². The Morgan fingerprint density at radius 1 is 1.08 bits per heavy atom. The lowest BCUT2D eigenvalue weighted by Crippen LogP contribution is -2.11. The van der Waals surface area contributed by atoms with Crippen molar-refractivity contribution >= 4 is 34.8 Å². The number of furan rings is 1. The van der Waals surface area contributed by atoms with Crippen LogP contribution in [0.2, 0.25) is 10.0 Å². The molecule has 0 aliphatic carbocycles. The van der Waals surface area contributed by atoms with E-state index in [-0.39, 0.29) is 10.8 Å². The van der Waals surface area contributed by atoms with Crippen LogP contribution in [0.4, 0.5) is 10.1 Å². The topological polar surface area (TPSA) is 42.2 Å². The first-order valence-corrected chi connectivity index (χ1v) is 7.83. The minimum absolute atomic E-state index is 0.00977. The second kappa shape index (κ2) is 6.67. The first-order valence-electron chi connectivity index (χ1n) is 7.07. The second-order valence-corrected chi connectivity index (χ2v) is 5.97. The zero-order chi connectivity index (χ0) is 17.3. The fraction of sp³-hybridized carbons (Fsp3) is 0.0556. The molecule has 1 aromatic heterocycles. The minimum Gasteiger partial charge on any atom is -0.451 e. The molecule has 0 spiro atoms. The van der Waals surface area contributed by atoms with Gasteiger partial charge in [0.05, 0.1) is 5.02 Å². The molecule has 1 heterocycles. The molecule has 3 aromatic rings. The van der Waals surface area contributed by atoms with E-state index in [1.807, 2.05) is 6.92 Å². The van der Waals surface area contributed by atoms with Crippen molar-refractivity contribution in [3.8, 4) is 11.3 Å². The van der Waals surface area contributed by atoms with Gasteiger partial charge in [-0.15, -0.1) is 0 Å². The fourth-order valence-electron chi connectivity index (χ4n) is 2.19. The monoisotopic (exact) mass is 363 g/mol. The summed E-state index contributed by atoms with van der Waals surface area (Å²) < 4.78 is 18.8. The number of rotatable bonds is 3. The van der Waals surface area contributed by atoms with Crippen LogP contribution >= 0.6 is 23.2 Å². The molecule has 0 atom stereocenters. The van der Waals surface area contributed by atoms with Gasteiger partial charge in [-0.2, -0.15) is 0 Å². The van der Waals surface area contributed by atoms with Crippen LogP contribution in [0.3, 0.4) is 0 Å². The van der Waals surface area contributed by atoms with E-state index in [0.717, 1.165) is 5.56 Å². The Labute approximate surface area is 148 Å². The van der Waals surface area contributed by atoms with Crippen LogP contribution in [0.25, 0.3) is 11.3 Å². The van der Waals surface area contributed by atoms with E-state index >= 15 is 0 Å². The van der Waals surface area contributed by atoms with Gasteiger partial charge in [-0.25, -0.2) is 4.39 Å². The summed E-state index contributed by atoms with van der Waals surface area (Å²) in [4.78, 5) is 12.3. The smallest absolute Gasteiger partial charge is 0.291 e. The van der Waals surface area contributed by atoms with Crippen molar-refractivity contribution < 1.29 is 13.6 Å². The Bertz CT molecular complexity index is 921. The van der Waals surface area contributed by atoms with Gasteiger partial charge in [0.1, 0.15) is 11.6 Å². The first-order chi connectivity index (χ1) is 11.5. The number of carbonyl (C=O) groups is 1. The van der Waals surface area contributed by atoms with Crippen molar-refractivity contribution in [2.45, 2.75) is 6.92 Å². The standard InChI is InChI=1S/C18H12Cl2FNO2/c1-10-12(19)3-2-4-15(10)22-18(23)17-8-7-16(24-17)11-5-6-14(21)13(20)9-11/h2-9H,1H3,(H,22,23). The summed E-state index contributed by atoms with van der Waals surface area (Å²) in [5, 5.41) is 3.30. The Balaban J connectivity index is 1.83. The predicted octanol–water partition coefficient (Wildman–Crippen LogP) is 5.95. The molecule has 0 aliphatic heterocycles. The van der Waals surface area contributed by atoms with Gasteiger partial charge in [0, 0.05) is 16.3 Å². The molecule has 1 amide bonds. The van der Waals surface area contributed by atoms with Crippen molar-refractivity contribution in [1.82, 2.24) is 0 Å². The van der Waals surface area contributed by atoms with Crippen molar-refractivity contribution in [2.75, 3.05) is 5.32 Å². The van der Waals surface area contributed by atoms with Crippen LogP contribution in [0.15, 0.2) is 52.9 Å². The maximum absolute atomic E-state index is 13.2. The van der Waals surface area contributed by atoms with Gasteiger partial charge in [0.25, 0.3) is 5.91 Å². The maximum Gasteiger partial charge on any atom is 0.291 e. The van der Waals surface area contributed by atoms with E-state index in [0.29, 0.717) is 22.0 Å². The molecular weight excluding hydrogens is 352 g/mol. The van der Waals surface area contributed by atoms with Gasteiger partial charge in [-0.05, 0) is 55.0 Å². The highest BCUT2D eigenvalue weighted by Gasteiger charge is 2.14. The first kappa shape index (κ1) is 16.6. The summed E-state index contributed by atoms with van der Waals surface area (Å²) in [6, 6.07) is 12.6. The maximum atomic E-state index is 13.2. The van der Waals surface area contributed by atoms with E-state index in [1.165, 1.54) is 18.2 Å². The van der Waals surface area contributed by atoms with Crippen LogP contribution in [0.5, 0.6) is 0 Å². The average Bonchev–Trinajstić information content (AvgIpc) is 3.04. The average molecular weight is 364 g/mol. The number of halogens is 3. The van der Waals surface area contributed by atoms with Crippen LogP contribution in [0, 0.1) is 12.7 Å². The fourth-order valence-corrected chi connectivity index (χ4v) is 2.55. The van der Waals surface area contributed by atoms with E-state index in [2.05, 4.69) is 5.32 Å². The Hall–Kier alpha value is -2.30.